The average molecular weight is 316 g/mol. The van der Waals surface area contributed by atoms with Crippen molar-refractivity contribution < 1.29 is 4.52 Å². The Kier molecular flexibility index (Phi) is 4.11. The second-order valence-corrected chi connectivity index (χ2v) is 6.41. The van der Waals surface area contributed by atoms with E-state index in [-0.39, 0.29) is 0 Å². The number of rotatable bonds is 5. The van der Waals surface area contributed by atoms with Crippen molar-refractivity contribution in [1.29, 1.82) is 0 Å². The van der Waals surface area contributed by atoms with Crippen LogP contribution in [0.25, 0.3) is 10.2 Å². The minimum absolute atomic E-state index is 0.808. The number of thiophene rings is 1. The van der Waals surface area contributed by atoms with Gasteiger partial charge in [0.15, 0.2) is 0 Å². The van der Waals surface area contributed by atoms with Crippen LogP contribution in [0.4, 0.5) is 5.82 Å². The van der Waals surface area contributed by atoms with Gasteiger partial charge >= 0.3 is 0 Å². The largest absolute Gasteiger partial charge is 0.369 e. The van der Waals surface area contributed by atoms with Crippen molar-refractivity contribution in [3.63, 3.8) is 0 Å². The SMILES string of the molecule is Cc1nc(NCCCc2c(C)noc2C)c2c(C)csc2n1. The van der Waals surface area contributed by atoms with Crippen molar-refractivity contribution in [3.8, 4) is 0 Å². The van der Waals surface area contributed by atoms with Crippen LogP contribution in [-0.4, -0.2) is 21.7 Å². The minimum atomic E-state index is 0.808. The molecule has 22 heavy (non-hydrogen) atoms. The van der Waals surface area contributed by atoms with Crippen molar-refractivity contribution in [2.24, 2.45) is 0 Å². The summed E-state index contributed by atoms with van der Waals surface area (Å²) in [6, 6.07) is 0. The average Bonchev–Trinajstić information content (AvgIpc) is 2.99. The fourth-order valence-corrected chi connectivity index (χ4v) is 3.62. The van der Waals surface area contributed by atoms with E-state index in [0.29, 0.717) is 0 Å². The summed E-state index contributed by atoms with van der Waals surface area (Å²) in [5.74, 6) is 2.68. The van der Waals surface area contributed by atoms with Gasteiger partial charge in [-0.15, -0.1) is 11.3 Å². The molecular weight excluding hydrogens is 296 g/mol. The normalized spacial score (nSPS) is 11.3. The molecule has 0 aromatic carbocycles. The maximum absolute atomic E-state index is 5.20. The van der Waals surface area contributed by atoms with Crippen LogP contribution in [-0.2, 0) is 6.42 Å². The van der Waals surface area contributed by atoms with E-state index < -0.39 is 0 Å². The van der Waals surface area contributed by atoms with E-state index in [0.717, 1.165) is 52.7 Å². The highest BCUT2D eigenvalue weighted by atomic mass is 32.1. The predicted octanol–water partition coefficient (Wildman–Crippen LogP) is 3.96. The van der Waals surface area contributed by atoms with E-state index in [1.54, 1.807) is 11.3 Å². The Balaban J connectivity index is 1.68. The lowest BCUT2D eigenvalue weighted by Crippen LogP contribution is -2.07. The topological polar surface area (TPSA) is 63.8 Å². The minimum Gasteiger partial charge on any atom is -0.369 e. The molecule has 0 atom stereocenters. The molecule has 3 aromatic heterocycles. The first-order valence-electron chi connectivity index (χ1n) is 7.44. The molecule has 5 nitrogen and oxygen atoms in total. The molecule has 0 saturated carbocycles. The zero-order valence-electron chi connectivity index (χ0n) is 13.4. The van der Waals surface area contributed by atoms with Gasteiger partial charge in [-0.1, -0.05) is 5.16 Å². The van der Waals surface area contributed by atoms with Gasteiger partial charge in [0, 0.05) is 12.1 Å². The second-order valence-electron chi connectivity index (χ2n) is 5.55. The number of nitrogens with one attached hydrogen (secondary N) is 1. The summed E-state index contributed by atoms with van der Waals surface area (Å²) in [7, 11) is 0. The molecule has 0 amide bonds. The Bertz CT molecular complexity index is 786. The molecule has 0 saturated heterocycles. The number of aryl methyl sites for hydroxylation is 4. The lowest BCUT2D eigenvalue weighted by Gasteiger charge is -2.08. The molecule has 0 aliphatic rings. The standard InChI is InChI=1S/C16H20N4OS/c1-9-8-22-16-14(9)15(18-12(4)19-16)17-7-5-6-13-10(2)20-21-11(13)3/h8H,5-7H2,1-4H3,(H,17,18,19). The van der Waals surface area contributed by atoms with Crippen molar-refractivity contribution in [3.05, 3.63) is 33.8 Å². The molecule has 0 aliphatic carbocycles. The summed E-state index contributed by atoms with van der Waals surface area (Å²) in [6.45, 7) is 8.86. The maximum atomic E-state index is 5.20. The molecule has 116 valence electrons. The van der Waals surface area contributed by atoms with Crippen LogP contribution in [0.5, 0.6) is 0 Å². The van der Waals surface area contributed by atoms with Gasteiger partial charge in [0.05, 0.1) is 11.1 Å². The third-order valence-electron chi connectivity index (χ3n) is 3.81. The van der Waals surface area contributed by atoms with E-state index in [1.165, 1.54) is 11.1 Å². The highest BCUT2D eigenvalue weighted by Gasteiger charge is 2.11. The van der Waals surface area contributed by atoms with Crippen LogP contribution >= 0.6 is 11.3 Å². The number of hydrogen-bond donors (Lipinski definition) is 1. The van der Waals surface area contributed by atoms with E-state index >= 15 is 0 Å². The third kappa shape index (κ3) is 2.83. The molecule has 0 unspecified atom stereocenters. The van der Waals surface area contributed by atoms with Gasteiger partial charge in [0.25, 0.3) is 0 Å². The first kappa shape index (κ1) is 15.0. The van der Waals surface area contributed by atoms with Crippen molar-refractivity contribution >= 4 is 27.4 Å². The highest BCUT2D eigenvalue weighted by molar-refractivity contribution is 7.17. The zero-order valence-corrected chi connectivity index (χ0v) is 14.2. The lowest BCUT2D eigenvalue weighted by molar-refractivity contribution is 0.392. The van der Waals surface area contributed by atoms with Crippen LogP contribution in [0.1, 0.15) is 34.8 Å². The maximum Gasteiger partial charge on any atom is 0.138 e. The number of hydrogen-bond acceptors (Lipinski definition) is 6. The molecule has 0 radical (unpaired) electrons. The van der Waals surface area contributed by atoms with Crippen molar-refractivity contribution in [2.45, 2.75) is 40.5 Å². The van der Waals surface area contributed by atoms with E-state index in [9.17, 15) is 0 Å². The summed E-state index contributed by atoms with van der Waals surface area (Å²) in [5, 5.41) is 10.7. The highest BCUT2D eigenvalue weighted by Crippen LogP contribution is 2.29. The van der Waals surface area contributed by atoms with E-state index in [4.69, 9.17) is 4.52 Å². The zero-order chi connectivity index (χ0) is 15.7. The molecule has 0 fully saturated rings. The van der Waals surface area contributed by atoms with Gasteiger partial charge in [-0.3, -0.25) is 0 Å². The molecule has 0 aliphatic heterocycles. The summed E-state index contributed by atoms with van der Waals surface area (Å²) >= 11 is 1.67. The Morgan fingerprint density at radius 2 is 2.00 bits per heavy atom. The van der Waals surface area contributed by atoms with Gasteiger partial charge in [0.1, 0.15) is 22.2 Å². The molecule has 1 N–H and O–H groups in total. The monoisotopic (exact) mass is 316 g/mol. The molecule has 0 bridgehead atoms. The van der Waals surface area contributed by atoms with Gasteiger partial charge < -0.3 is 9.84 Å². The Hall–Kier alpha value is -1.95. The smallest absolute Gasteiger partial charge is 0.138 e. The van der Waals surface area contributed by atoms with Crippen LogP contribution in [0.3, 0.4) is 0 Å². The van der Waals surface area contributed by atoms with Crippen molar-refractivity contribution in [2.75, 3.05) is 11.9 Å². The molecule has 3 heterocycles. The third-order valence-corrected chi connectivity index (χ3v) is 4.80. The Morgan fingerprint density at radius 3 is 2.73 bits per heavy atom. The first-order chi connectivity index (χ1) is 10.6. The van der Waals surface area contributed by atoms with Crippen molar-refractivity contribution in [1.82, 2.24) is 15.1 Å². The predicted molar refractivity (Wildman–Crippen MR) is 89.7 cm³/mol. The molecule has 0 spiro atoms. The molecule has 3 aromatic rings. The molecule has 6 heteroatoms. The van der Waals surface area contributed by atoms with Gasteiger partial charge in [-0.2, -0.15) is 0 Å². The van der Waals surface area contributed by atoms with Crippen LogP contribution in [0, 0.1) is 27.7 Å². The number of fused-ring (bicyclic) bond motifs is 1. The number of nitrogens with zero attached hydrogens (tertiary/aromatic N) is 3. The van der Waals surface area contributed by atoms with Crippen LogP contribution in [0.2, 0.25) is 0 Å². The summed E-state index contributed by atoms with van der Waals surface area (Å²) in [4.78, 5) is 10.1. The fraction of sp³-hybridized carbons (Fsp3) is 0.438. The van der Waals surface area contributed by atoms with Gasteiger partial charge in [0.2, 0.25) is 0 Å². The fourth-order valence-electron chi connectivity index (χ4n) is 2.65. The Labute approximate surface area is 133 Å². The summed E-state index contributed by atoms with van der Waals surface area (Å²) in [6.07, 6.45) is 1.97. The first-order valence-corrected chi connectivity index (χ1v) is 8.32. The lowest BCUT2D eigenvalue weighted by atomic mass is 10.1. The van der Waals surface area contributed by atoms with Gasteiger partial charge in [-0.05, 0) is 51.5 Å². The molecule has 3 rings (SSSR count). The number of aromatic nitrogens is 3. The van der Waals surface area contributed by atoms with E-state index in [1.807, 2.05) is 20.8 Å². The molecular formula is C16H20N4OS. The van der Waals surface area contributed by atoms with E-state index in [2.05, 4.69) is 32.7 Å². The summed E-state index contributed by atoms with van der Waals surface area (Å²) in [5.41, 5.74) is 3.44. The summed E-state index contributed by atoms with van der Waals surface area (Å²) < 4.78 is 5.20. The van der Waals surface area contributed by atoms with Crippen LogP contribution in [0.15, 0.2) is 9.90 Å². The quantitative estimate of drug-likeness (QED) is 0.722. The van der Waals surface area contributed by atoms with Gasteiger partial charge in [-0.25, -0.2) is 9.97 Å². The number of anilines is 1. The van der Waals surface area contributed by atoms with Crippen LogP contribution < -0.4 is 5.32 Å². The second kappa shape index (κ2) is 6.04. The Morgan fingerprint density at radius 1 is 1.18 bits per heavy atom.